The molecule has 4 nitrogen and oxygen atoms in total. The van der Waals surface area contributed by atoms with Crippen LogP contribution in [-0.4, -0.2) is 18.0 Å². The fourth-order valence-corrected chi connectivity index (χ4v) is 1.72. The number of nitrogens with one attached hydrogen (secondary N) is 2. The quantitative estimate of drug-likeness (QED) is 0.742. The Hall–Kier alpha value is -1.62. The number of amides is 1. The van der Waals surface area contributed by atoms with Gasteiger partial charge in [0.1, 0.15) is 5.82 Å². The van der Waals surface area contributed by atoms with Gasteiger partial charge in [0.15, 0.2) is 0 Å². The average Bonchev–Trinajstić information content (AvgIpc) is 2.32. The Morgan fingerprint density at radius 2 is 2.05 bits per heavy atom. The summed E-state index contributed by atoms with van der Waals surface area (Å²) in [5, 5.41) is 5.83. The lowest BCUT2D eigenvalue weighted by molar-refractivity contribution is -0.117. The summed E-state index contributed by atoms with van der Waals surface area (Å²) in [7, 11) is 0. The topological polar surface area (TPSA) is 67.2 Å². The number of anilines is 2. The maximum Gasteiger partial charge on any atom is 0.241 e. The molecule has 1 rings (SSSR count). The van der Waals surface area contributed by atoms with Crippen LogP contribution in [0.4, 0.5) is 15.8 Å². The van der Waals surface area contributed by atoms with Crippen molar-refractivity contribution in [2.45, 2.75) is 45.7 Å². The summed E-state index contributed by atoms with van der Waals surface area (Å²) in [5.74, 6) is -0.687. The summed E-state index contributed by atoms with van der Waals surface area (Å²) in [6.45, 7) is 5.90. The van der Waals surface area contributed by atoms with E-state index in [4.69, 9.17) is 5.73 Å². The predicted molar refractivity (Wildman–Crippen MR) is 76.7 cm³/mol. The molecule has 0 saturated carbocycles. The first-order chi connectivity index (χ1) is 8.93. The van der Waals surface area contributed by atoms with E-state index in [0.29, 0.717) is 17.8 Å². The second kappa shape index (κ2) is 7.09. The third-order valence-electron chi connectivity index (χ3n) is 2.62. The molecule has 0 bridgehead atoms. The Balaban J connectivity index is 2.86. The molecule has 1 aromatic rings. The number of benzene rings is 1. The molecule has 106 valence electrons. The standard InChI is InChI=1S/C14H22FN3O/c1-4-5-11(16)14(19)18-13-8-10(15)6-7-12(13)17-9(2)3/h6-9,11,17H,4-5,16H2,1-3H3,(H,18,19). The van der Waals surface area contributed by atoms with E-state index in [0.717, 1.165) is 6.42 Å². The minimum absolute atomic E-state index is 0.186. The Kier molecular flexibility index (Phi) is 5.76. The third kappa shape index (κ3) is 4.87. The highest BCUT2D eigenvalue weighted by Gasteiger charge is 2.15. The zero-order valence-corrected chi connectivity index (χ0v) is 11.7. The van der Waals surface area contributed by atoms with Gasteiger partial charge in [0.05, 0.1) is 17.4 Å². The number of nitrogens with two attached hydrogens (primary N) is 1. The molecule has 19 heavy (non-hydrogen) atoms. The van der Waals surface area contributed by atoms with E-state index >= 15 is 0 Å². The van der Waals surface area contributed by atoms with E-state index in [1.54, 1.807) is 6.07 Å². The molecule has 1 unspecified atom stereocenters. The predicted octanol–water partition coefficient (Wildman–Crippen LogP) is 2.71. The van der Waals surface area contributed by atoms with Gasteiger partial charge in [-0.05, 0) is 38.5 Å². The third-order valence-corrected chi connectivity index (χ3v) is 2.62. The summed E-state index contributed by atoms with van der Waals surface area (Å²) in [5.41, 5.74) is 6.85. The van der Waals surface area contributed by atoms with Gasteiger partial charge in [0, 0.05) is 6.04 Å². The number of hydrogen-bond acceptors (Lipinski definition) is 3. The molecule has 1 amide bonds. The molecule has 1 aromatic carbocycles. The molecule has 0 radical (unpaired) electrons. The van der Waals surface area contributed by atoms with Gasteiger partial charge in [-0.3, -0.25) is 4.79 Å². The highest BCUT2D eigenvalue weighted by Crippen LogP contribution is 2.23. The first-order valence-electron chi connectivity index (χ1n) is 6.56. The molecule has 0 heterocycles. The van der Waals surface area contributed by atoms with Crippen LogP contribution in [0.25, 0.3) is 0 Å². The largest absolute Gasteiger partial charge is 0.381 e. The Morgan fingerprint density at radius 1 is 1.37 bits per heavy atom. The zero-order valence-electron chi connectivity index (χ0n) is 11.7. The molecule has 0 saturated heterocycles. The van der Waals surface area contributed by atoms with Crippen molar-refractivity contribution < 1.29 is 9.18 Å². The van der Waals surface area contributed by atoms with E-state index in [-0.39, 0.29) is 11.9 Å². The van der Waals surface area contributed by atoms with Gasteiger partial charge in [0.2, 0.25) is 5.91 Å². The Labute approximate surface area is 113 Å². The normalized spacial score (nSPS) is 12.3. The summed E-state index contributed by atoms with van der Waals surface area (Å²) in [6.07, 6.45) is 1.43. The van der Waals surface area contributed by atoms with Crippen LogP contribution in [0.1, 0.15) is 33.6 Å². The monoisotopic (exact) mass is 267 g/mol. The zero-order chi connectivity index (χ0) is 14.4. The molecule has 0 fully saturated rings. The van der Waals surface area contributed by atoms with Crippen molar-refractivity contribution in [2.24, 2.45) is 5.73 Å². The summed E-state index contributed by atoms with van der Waals surface area (Å²) >= 11 is 0. The van der Waals surface area contributed by atoms with Crippen molar-refractivity contribution in [3.63, 3.8) is 0 Å². The second-order valence-corrected chi connectivity index (χ2v) is 4.87. The van der Waals surface area contributed by atoms with Crippen molar-refractivity contribution >= 4 is 17.3 Å². The molecular formula is C14H22FN3O. The molecule has 0 aromatic heterocycles. The Bertz CT molecular complexity index is 435. The van der Waals surface area contributed by atoms with Crippen LogP contribution in [0.2, 0.25) is 0 Å². The number of halogens is 1. The highest BCUT2D eigenvalue weighted by molar-refractivity contribution is 5.97. The van der Waals surface area contributed by atoms with Crippen LogP contribution < -0.4 is 16.4 Å². The van der Waals surface area contributed by atoms with Crippen molar-refractivity contribution in [2.75, 3.05) is 10.6 Å². The smallest absolute Gasteiger partial charge is 0.241 e. The van der Waals surface area contributed by atoms with Crippen LogP contribution in [0, 0.1) is 5.82 Å². The van der Waals surface area contributed by atoms with Crippen LogP contribution in [0.5, 0.6) is 0 Å². The molecule has 0 aliphatic carbocycles. The van der Waals surface area contributed by atoms with Crippen molar-refractivity contribution in [1.29, 1.82) is 0 Å². The van der Waals surface area contributed by atoms with Crippen molar-refractivity contribution in [3.05, 3.63) is 24.0 Å². The van der Waals surface area contributed by atoms with Gasteiger partial charge in [-0.15, -0.1) is 0 Å². The van der Waals surface area contributed by atoms with E-state index in [1.165, 1.54) is 12.1 Å². The van der Waals surface area contributed by atoms with Crippen molar-refractivity contribution in [1.82, 2.24) is 0 Å². The maximum absolute atomic E-state index is 13.3. The maximum atomic E-state index is 13.3. The van der Waals surface area contributed by atoms with Gasteiger partial charge in [-0.1, -0.05) is 13.3 Å². The lowest BCUT2D eigenvalue weighted by atomic mass is 10.1. The summed E-state index contributed by atoms with van der Waals surface area (Å²) in [4.78, 5) is 11.9. The van der Waals surface area contributed by atoms with E-state index in [2.05, 4.69) is 10.6 Å². The van der Waals surface area contributed by atoms with Crippen LogP contribution in [0.15, 0.2) is 18.2 Å². The number of carbonyl (C=O) groups is 1. The van der Waals surface area contributed by atoms with Gasteiger partial charge < -0.3 is 16.4 Å². The van der Waals surface area contributed by atoms with Gasteiger partial charge in [-0.2, -0.15) is 0 Å². The van der Waals surface area contributed by atoms with Crippen molar-refractivity contribution in [3.8, 4) is 0 Å². The minimum atomic E-state index is -0.569. The van der Waals surface area contributed by atoms with Crippen LogP contribution >= 0.6 is 0 Å². The SMILES string of the molecule is CCCC(N)C(=O)Nc1cc(F)ccc1NC(C)C. The van der Waals surface area contributed by atoms with Crippen LogP contribution in [0.3, 0.4) is 0 Å². The fourth-order valence-electron chi connectivity index (χ4n) is 1.72. The lowest BCUT2D eigenvalue weighted by Crippen LogP contribution is -2.35. The fraction of sp³-hybridized carbons (Fsp3) is 0.500. The van der Waals surface area contributed by atoms with Gasteiger partial charge >= 0.3 is 0 Å². The van der Waals surface area contributed by atoms with E-state index < -0.39 is 11.9 Å². The molecule has 4 N–H and O–H groups in total. The van der Waals surface area contributed by atoms with E-state index in [9.17, 15) is 9.18 Å². The average molecular weight is 267 g/mol. The molecule has 0 aliphatic heterocycles. The number of hydrogen-bond donors (Lipinski definition) is 3. The molecule has 1 atom stereocenters. The lowest BCUT2D eigenvalue weighted by Gasteiger charge is -2.17. The van der Waals surface area contributed by atoms with Gasteiger partial charge in [0.25, 0.3) is 0 Å². The number of rotatable bonds is 6. The first kappa shape index (κ1) is 15.4. The first-order valence-corrected chi connectivity index (χ1v) is 6.56. The Morgan fingerprint density at radius 3 is 2.63 bits per heavy atom. The minimum Gasteiger partial charge on any atom is -0.381 e. The molecule has 5 heteroatoms. The number of carbonyl (C=O) groups excluding carboxylic acids is 1. The van der Waals surface area contributed by atoms with E-state index in [1.807, 2.05) is 20.8 Å². The molecule has 0 spiro atoms. The summed E-state index contributed by atoms with van der Waals surface area (Å²) in [6, 6.07) is 3.87. The summed E-state index contributed by atoms with van der Waals surface area (Å²) < 4.78 is 13.3. The molecular weight excluding hydrogens is 245 g/mol. The highest BCUT2D eigenvalue weighted by atomic mass is 19.1. The molecule has 0 aliphatic rings. The van der Waals surface area contributed by atoms with Gasteiger partial charge in [-0.25, -0.2) is 4.39 Å². The van der Waals surface area contributed by atoms with Crippen LogP contribution in [-0.2, 0) is 4.79 Å². The second-order valence-electron chi connectivity index (χ2n) is 4.87.